The van der Waals surface area contributed by atoms with Gasteiger partial charge in [-0.1, -0.05) is 172 Å². The monoisotopic (exact) mass is 647 g/mol. The molecule has 0 aliphatic heterocycles. The summed E-state index contributed by atoms with van der Waals surface area (Å²) in [6.07, 6.45) is 44.9. The van der Waals surface area contributed by atoms with Crippen LogP contribution in [0.1, 0.15) is 194 Å². The number of carbonyl (C=O) groups excluding carboxylic acids is 2. The molecule has 1 unspecified atom stereocenters. The summed E-state index contributed by atoms with van der Waals surface area (Å²) in [5, 5.41) is 9.53. The standard InChI is InChI=1S/C41H74O5/c1-3-5-7-9-11-13-15-17-19-20-22-24-26-28-30-32-34-36-41(44)46-39(37-42)38-45-40(43)35-33-31-29-27-25-23-21-18-16-14-12-10-8-6-4-2/h17,19,22,24,28,30,39,42H,3-16,18,20-21,23,25-27,29,31-38H2,1-2H3. The Hall–Kier alpha value is -1.88. The number of ether oxygens (including phenoxy) is 2. The molecular formula is C41H74O5. The quantitative estimate of drug-likeness (QED) is 0.0421. The molecule has 0 aliphatic rings. The largest absolute Gasteiger partial charge is 0.462 e. The highest BCUT2D eigenvalue weighted by Crippen LogP contribution is 2.14. The van der Waals surface area contributed by atoms with Gasteiger partial charge in [-0.15, -0.1) is 0 Å². The SMILES string of the molecule is CCCCCCCCC=CCC=CCC=CCCCC(=O)OC(CO)COC(=O)CCCCCCCCCCCCCCCCC. The van der Waals surface area contributed by atoms with Crippen LogP contribution in [0.4, 0.5) is 0 Å². The van der Waals surface area contributed by atoms with Crippen molar-refractivity contribution in [1.82, 2.24) is 0 Å². The summed E-state index contributed by atoms with van der Waals surface area (Å²) in [4.78, 5) is 24.2. The molecule has 0 amide bonds. The first-order valence-electron chi connectivity index (χ1n) is 19.5. The molecule has 0 heterocycles. The fraction of sp³-hybridized carbons (Fsp3) is 0.805. The van der Waals surface area contributed by atoms with E-state index in [9.17, 15) is 14.7 Å². The fourth-order valence-electron chi connectivity index (χ4n) is 5.45. The first-order chi connectivity index (χ1) is 22.6. The van der Waals surface area contributed by atoms with Gasteiger partial charge in [0.25, 0.3) is 0 Å². The predicted octanol–water partition coefficient (Wildman–Crippen LogP) is 12.1. The molecule has 0 aliphatic carbocycles. The first-order valence-corrected chi connectivity index (χ1v) is 19.5. The van der Waals surface area contributed by atoms with Gasteiger partial charge in [0, 0.05) is 12.8 Å². The molecule has 0 aromatic carbocycles. The molecule has 0 aromatic heterocycles. The van der Waals surface area contributed by atoms with E-state index in [2.05, 4.69) is 50.3 Å². The minimum absolute atomic E-state index is 0.0830. The molecule has 0 aromatic rings. The van der Waals surface area contributed by atoms with Crippen molar-refractivity contribution in [2.75, 3.05) is 13.2 Å². The van der Waals surface area contributed by atoms with E-state index in [4.69, 9.17) is 9.47 Å². The maximum Gasteiger partial charge on any atom is 0.306 e. The zero-order chi connectivity index (χ0) is 33.6. The average Bonchev–Trinajstić information content (AvgIpc) is 3.06. The lowest BCUT2D eigenvalue weighted by Gasteiger charge is -2.15. The van der Waals surface area contributed by atoms with Crippen molar-refractivity contribution in [3.63, 3.8) is 0 Å². The molecule has 0 bridgehead atoms. The van der Waals surface area contributed by atoms with Crippen LogP contribution in [0, 0.1) is 0 Å². The number of allylic oxidation sites excluding steroid dienone is 6. The second-order valence-corrected chi connectivity index (χ2v) is 13.0. The third kappa shape index (κ3) is 35.0. The molecule has 46 heavy (non-hydrogen) atoms. The van der Waals surface area contributed by atoms with Crippen molar-refractivity contribution in [2.24, 2.45) is 0 Å². The number of hydrogen-bond donors (Lipinski definition) is 1. The predicted molar refractivity (Wildman–Crippen MR) is 196 cm³/mol. The topological polar surface area (TPSA) is 72.8 Å². The van der Waals surface area contributed by atoms with Crippen LogP contribution in [0.15, 0.2) is 36.5 Å². The molecule has 0 fully saturated rings. The summed E-state index contributed by atoms with van der Waals surface area (Å²) in [6, 6.07) is 0. The summed E-state index contributed by atoms with van der Waals surface area (Å²) in [5.74, 6) is -0.647. The Morgan fingerprint density at radius 1 is 0.500 bits per heavy atom. The molecule has 0 saturated carbocycles. The lowest BCUT2D eigenvalue weighted by atomic mass is 10.0. The summed E-state index contributed by atoms with van der Waals surface area (Å²) < 4.78 is 10.6. The van der Waals surface area contributed by atoms with E-state index in [0.717, 1.165) is 38.5 Å². The van der Waals surface area contributed by atoms with Crippen LogP contribution >= 0.6 is 0 Å². The minimum Gasteiger partial charge on any atom is -0.462 e. The number of esters is 2. The lowest BCUT2D eigenvalue weighted by Crippen LogP contribution is -2.28. The number of rotatable bonds is 35. The molecule has 0 spiro atoms. The van der Waals surface area contributed by atoms with Crippen LogP contribution in [-0.4, -0.2) is 36.4 Å². The number of aliphatic hydroxyl groups excluding tert-OH is 1. The van der Waals surface area contributed by atoms with Gasteiger partial charge in [-0.3, -0.25) is 9.59 Å². The van der Waals surface area contributed by atoms with Crippen LogP contribution in [0.3, 0.4) is 0 Å². The molecule has 1 atom stereocenters. The Morgan fingerprint density at radius 2 is 0.891 bits per heavy atom. The number of aliphatic hydroxyl groups is 1. The maximum absolute atomic E-state index is 12.1. The highest BCUT2D eigenvalue weighted by molar-refractivity contribution is 5.70. The molecule has 5 heteroatoms. The third-order valence-electron chi connectivity index (χ3n) is 8.44. The highest BCUT2D eigenvalue weighted by Gasteiger charge is 2.15. The van der Waals surface area contributed by atoms with E-state index in [1.54, 1.807) is 0 Å². The van der Waals surface area contributed by atoms with Crippen molar-refractivity contribution in [2.45, 2.75) is 200 Å². The molecule has 0 saturated heterocycles. The Balaban J connectivity index is 3.63. The van der Waals surface area contributed by atoms with Crippen molar-refractivity contribution < 1.29 is 24.2 Å². The van der Waals surface area contributed by atoms with Crippen LogP contribution in [0.5, 0.6) is 0 Å². The third-order valence-corrected chi connectivity index (χ3v) is 8.44. The van der Waals surface area contributed by atoms with Crippen LogP contribution in [-0.2, 0) is 19.1 Å². The van der Waals surface area contributed by atoms with Crippen molar-refractivity contribution in [3.05, 3.63) is 36.5 Å². The summed E-state index contributed by atoms with van der Waals surface area (Å²) in [6.45, 7) is 4.09. The average molecular weight is 647 g/mol. The lowest BCUT2D eigenvalue weighted by molar-refractivity contribution is -0.161. The Bertz CT molecular complexity index is 741. The fourth-order valence-corrected chi connectivity index (χ4v) is 5.45. The minimum atomic E-state index is -0.793. The van der Waals surface area contributed by atoms with Gasteiger partial charge in [0.1, 0.15) is 6.61 Å². The van der Waals surface area contributed by atoms with Gasteiger partial charge in [0.15, 0.2) is 6.10 Å². The van der Waals surface area contributed by atoms with Gasteiger partial charge in [0.05, 0.1) is 6.61 Å². The Morgan fingerprint density at radius 3 is 1.37 bits per heavy atom. The molecule has 0 radical (unpaired) electrons. The normalized spacial score (nSPS) is 12.5. The smallest absolute Gasteiger partial charge is 0.306 e. The van der Waals surface area contributed by atoms with Gasteiger partial charge in [-0.25, -0.2) is 0 Å². The molecule has 5 nitrogen and oxygen atoms in total. The van der Waals surface area contributed by atoms with Gasteiger partial charge >= 0.3 is 11.9 Å². The molecule has 268 valence electrons. The van der Waals surface area contributed by atoms with Gasteiger partial charge in [-0.2, -0.15) is 0 Å². The van der Waals surface area contributed by atoms with E-state index in [-0.39, 0.29) is 31.6 Å². The first kappa shape index (κ1) is 44.1. The summed E-state index contributed by atoms with van der Waals surface area (Å²) in [7, 11) is 0. The molecular weight excluding hydrogens is 572 g/mol. The summed E-state index contributed by atoms with van der Waals surface area (Å²) in [5.41, 5.74) is 0. The van der Waals surface area contributed by atoms with Crippen molar-refractivity contribution >= 4 is 11.9 Å². The second kappa shape index (κ2) is 37.6. The van der Waals surface area contributed by atoms with E-state index in [1.807, 2.05) is 0 Å². The van der Waals surface area contributed by atoms with Gasteiger partial charge in [-0.05, 0) is 44.9 Å². The molecule has 1 N–H and O–H groups in total. The van der Waals surface area contributed by atoms with Crippen LogP contribution in [0.2, 0.25) is 0 Å². The van der Waals surface area contributed by atoms with Crippen LogP contribution < -0.4 is 0 Å². The van der Waals surface area contributed by atoms with Crippen molar-refractivity contribution in [3.8, 4) is 0 Å². The molecule has 0 rings (SSSR count). The van der Waals surface area contributed by atoms with Gasteiger partial charge < -0.3 is 14.6 Å². The number of hydrogen-bond acceptors (Lipinski definition) is 5. The van der Waals surface area contributed by atoms with E-state index < -0.39 is 6.10 Å². The zero-order valence-electron chi connectivity index (χ0n) is 30.3. The summed E-state index contributed by atoms with van der Waals surface area (Å²) >= 11 is 0. The van der Waals surface area contributed by atoms with Crippen LogP contribution in [0.25, 0.3) is 0 Å². The van der Waals surface area contributed by atoms with Crippen molar-refractivity contribution in [1.29, 1.82) is 0 Å². The Labute approximate surface area is 285 Å². The highest BCUT2D eigenvalue weighted by atomic mass is 16.6. The zero-order valence-corrected chi connectivity index (χ0v) is 30.3. The van der Waals surface area contributed by atoms with E-state index in [1.165, 1.54) is 122 Å². The van der Waals surface area contributed by atoms with E-state index in [0.29, 0.717) is 12.8 Å². The Kier molecular flexibility index (Phi) is 36.0. The number of unbranched alkanes of at least 4 members (excludes halogenated alkanes) is 21. The van der Waals surface area contributed by atoms with Gasteiger partial charge in [0.2, 0.25) is 0 Å². The number of carbonyl (C=O) groups is 2. The van der Waals surface area contributed by atoms with E-state index >= 15 is 0 Å². The maximum atomic E-state index is 12.1. The second-order valence-electron chi connectivity index (χ2n) is 13.0.